The van der Waals surface area contributed by atoms with Gasteiger partial charge in [-0.15, -0.1) is 0 Å². The van der Waals surface area contributed by atoms with Crippen LogP contribution in [0.3, 0.4) is 0 Å². The number of imide groups is 1. The van der Waals surface area contributed by atoms with Crippen LogP contribution in [0.4, 0.5) is 33.2 Å². The van der Waals surface area contributed by atoms with Crippen LogP contribution >= 0.6 is 0 Å². The van der Waals surface area contributed by atoms with Crippen LogP contribution in [0.2, 0.25) is 0 Å². The summed E-state index contributed by atoms with van der Waals surface area (Å²) in [5.74, 6) is 0.511. The number of pyridine rings is 2. The predicted octanol–water partition coefficient (Wildman–Crippen LogP) is 2.92. The van der Waals surface area contributed by atoms with Gasteiger partial charge in [-0.25, -0.2) is 24.3 Å². The quantitative estimate of drug-likeness (QED) is 0.225. The zero-order chi connectivity index (χ0) is 38.3. The molecular weight excluding hydrogens is 718 g/mol. The molecule has 0 saturated carbocycles. The number of fused-ring (bicyclic) bond motifs is 2. The van der Waals surface area contributed by atoms with Crippen molar-refractivity contribution in [3.63, 3.8) is 0 Å². The van der Waals surface area contributed by atoms with Gasteiger partial charge in [0, 0.05) is 88.5 Å². The van der Waals surface area contributed by atoms with E-state index >= 15 is 4.39 Å². The van der Waals surface area contributed by atoms with Crippen LogP contribution in [0.5, 0.6) is 5.88 Å². The van der Waals surface area contributed by atoms with E-state index in [2.05, 4.69) is 52.5 Å². The monoisotopic (exact) mass is 761 g/mol. The Morgan fingerprint density at radius 2 is 1.84 bits per heavy atom. The molecule has 3 fully saturated rings. The van der Waals surface area contributed by atoms with Gasteiger partial charge in [0.15, 0.2) is 0 Å². The third kappa shape index (κ3) is 7.16. The summed E-state index contributed by atoms with van der Waals surface area (Å²) in [6.45, 7) is 9.20. The number of hydrogen-bond acceptors (Lipinski definition) is 13. The summed E-state index contributed by atoms with van der Waals surface area (Å²) in [7, 11) is 0. The second-order valence-corrected chi connectivity index (χ2v) is 15.1. The molecule has 3 aromatic heterocycles. The fourth-order valence-electron chi connectivity index (χ4n) is 8.28. The molecule has 8 heterocycles. The van der Waals surface area contributed by atoms with E-state index in [0.717, 1.165) is 85.3 Å². The molecule has 0 bridgehead atoms. The van der Waals surface area contributed by atoms with E-state index in [1.165, 1.54) is 6.07 Å². The number of rotatable bonds is 8. The SMILES string of the molecule is Cc1c(N2CCc3cnc(Nc4ccc(CC(=O)N5CCN(C6CN(c7ccc(C8CCC(=O)NC8=O)cn7)C6)CC5)c(F)c4)nc3C2)cnc2c1NCCO2. The van der Waals surface area contributed by atoms with E-state index in [-0.39, 0.29) is 30.1 Å². The van der Waals surface area contributed by atoms with Crippen molar-refractivity contribution >= 4 is 46.5 Å². The summed E-state index contributed by atoms with van der Waals surface area (Å²) in [5, 5.41) is 8.97. The van der Waals surface area contributed by atoms with Crippen molar-refractivity contribution in [2.45, 2.75) is 51.1 Å². The highest BCUT2D eigenvalue weighted by Crippen LogP contribution is 2.36. The normalized spacial score (nSPS) is 20.0. The first-order chi connectivity index (χ1) is 27.3. The second kappa shape index (κ2) is 15.0. The summed E-state index contributed by atoms with van der Waals surface area (Å²) in [6, 6.07) is 9.04. The summed E-state index contributed by atoms with van der Waals surface area (Å²) in [6.07, 6.45) is 7.06. The first-order valence-corrected chi connectivity index (χ1v) is 19.3. The van der Waals surface area contributed by atoms with Gasteiger partial charge in [0.1, 0.15) is 23.9 Å². The number of hydrogen-bond donors (Lipinski definition) is 3. The Bertz CT molecular complexity index is 2170. The molecule has 1 atom stereocenters. The molecule has 4 aromatic rings. The van der Waals surface area contributed by atoms with Gasteiger partial charge in [-0.1, -0.05) is 12.1 Å². The van der Waals surface area contributed by atoms with Gasteiger partial charge in [0.2, 0.25) is 29.5 Å². The van der Waals surface area contributed by atoms with E-state index in [0.29, 0.717) is 68.2 Å². The van der Waals surface area contributed by atoms with Crippen LogP contribution < -0.4 is 30.5 Å². The standard InChI is InChI=1S/C40H44FN11O4/c1-24-33(20-44-39-37(24)42-9-15-56-39)51-10-8-27-19-45-40(47-32(27)23-51)46-28-4-2-25(31(41)17-28)16-36(54)50-13-11-49(12-14-50)29-21-52(22-29)34-6-3-26(18-43-34)30-5-7-35(53)48-38(30)55/h2-4,6,17-20,29-30,42H,5,7-16,21-23H2,1H3,(H,45,46,47)(H,48,53,55). The van der Waals surface area contributed by atoms with E-state index in [4.69, 9.17) is 9.72 Å². The Balaban J connectivity index is 0.747. The fraction of sp³-hybridized carbons (Fsp3) is 0.425. The number of ether oxygens (including phenoxy) is 1. The highest BCUT2D eigenvalue weighted by atomic mass is 19.1. The van der Waals surface area contributed by atoms with Crippen molar-refractivity contribution in [1.29, 1.82) is 0 Å². The van der Waals surface area contributed by atoms with Gasteiger partial charge in [0.25, 0.3) is 0 Å². The van der Waals surface area contributed by atoms with Crippen LogP contribution in [0.25, 0.3) is 0 Å². The van der Waals surface area contributed by atoms with Gasteiger partial charge in [-0.2, -0.15) is 0 Å². The summed E-state index contributed by atoms with van der Waals surface area (Å²) >= 11 is 0. The molecule has 0 aliphatic carbocycles. The average molecular weight is 762 g/mol. The van der Waals surface area contributed by atoms with Crippen molar-refractivity contribution in [1.82, 2.24) is 35.1 Å². The largest absolute Gasteiger partial charge is 0.474 e. The number of piperazine rings is 1. The lowest BCUT2D eigenvalue weighted by Gasteiger charge is -2.48. The van der Waals surface area contributed by atoms with Crippen LogP contribution in [0.1, 0.15) is 46.7 Å². The Labute approximate surface area is 323 Å². The van der Waals surface area contributed by atoms with Crippen LogP contribution in [-0.2, 0) is 33.8 Å². The number of amides is 3. The number of nitrogens with zero attached hydrogens (tertiary/aromatic N) is 8. The Kier molecular flexibility index (Phi) is 9.57. The van der Waals surface area contributed by atoms with Crippen molar-refractivity contribution in [3.8, 4) is 5.88 Å². The summed E-state index contributed by atoms with van der Waals surface area (Å²) in [5.41, 5.74) is 6.73. The third-order valence-electron chi connectivity index (χ3n) is 11.6. The number of nitrogens with one attached hydrogen (secondary N) is 3. The number of piperidine rings is 1. The molecule has 3 N–H and O–H groups in total. The lowest BCUT2D eigenvalue weighted by molar-refractivity contribution is -0.134. The zero-order valence-corrected chi connectivity index (χ0v) is 31.3. The van der Waals surface area contributed by atoms with Gasteiger partial charge < -0.3 is 30.1 Å². The van der Waals surface area contributed by atoms with Crippen LogP contribution in [-0.4, -0.2) is 112 Å². The van der Waals surface area contributed by atoms with Crippen molar-refractivity contribution in [3.05, 3.63) is 82.7 Å². The molecule has 15 nitrogen and oxygen atoms in total. The molecule has 290 valence electrons. The maximum Gasteiger partial charge on any atom is 0.237 e. The molecule has 56 heavy (non-hydrogen) atoms. The summed E-state index contributed by atoms with van der Waals surface area (Å²) in [4.78, 5) is 64.1. The average Bonchev–Trinajstić information content (AvgIpc) is 3.19. The van der Waals surface area contributed by atoms with Crippen molar-refractivity contribution in [2.75, 3.05) is 79.4 Å². The Hall–Kier alpha value is -5.90. The first kappa shape index (κ1) is 35.8. The number of carbonyl (C=O) groups excluding carboxylic acids is 3. The molecule has 0 spiro atoms. The highest BCUT2D eigenvalue weighted by Gasteiger charge is 2.36. The van der Waals surface area contributed by atoms with Gasteiger partial charge in [-0.05, 0) is 54.7 Å². The van der Waals surface area contributed by atoms with E-state index < -0.39 is 5.82 Å². The zero-order valence-electron chi connectivity index (χ0n) is 31.3. The number of anilines is 5. The molecule has 16 heteroatoms. The maximum absolute atomic E-state index is 15.4. The molecular formula is C40H44FN11O4. The molecule has 9 rings (SSSR count). The maximum atomic E-state index is 15.4. The molecule has 3 amide bonds. The minimum absolute atomic E-state index is 0.00635. The van der Waals surface area contributed by atoms with Crippen LogP contribution in [0, 0.1) is 12.7 Å². The smallest absolute Gasteiger partial charge is 0.237 e. The first-order valence-electron chi connectivity index (χ1n) is 19.3. The highest BCUT2D eigenvalue weighted by molar-refractivity contribution is 6.00. The van der Waals surface area contributed by atoms with Crippen molar-refractivity contribution in [2.24, 2.45) is 0 Å². The van der Waals surface area contributed by atoms with Crippen molar-refractivity contribution < 1.29 is 23.5 Å². The van der Waals surface area contributed by atoms with Gasteiger partial charge in [0.05, 0.1) is 36.5 Å². The molecule has 5 aliphatic heterocycles. The molecule has 0 radical (unpaired) electrons. The minimum atomic E-state index is -0.451. The number of halogens is 1. The number of aromatic nitrogens is 4. The van der Waals surface area contributed by atoms with Gasteiger partial charge >= 0.3 is 0 Å². The van der Waals surface area contributed by atoms with E-state index in [9.17, 15) is 14.4 Å². The third-order valence-corrected chi connectivity index (χ3v) is 11.6. The Morgan fingerprint density at radius 1 is 0.982 bits per heavy atom. The van der Waals surface area contributed by atoms with E-state index in [1.54, 1.807) is 18.3 Å². The molecule has 3 saturated heterocycles. The second-order valence-electron chi connectivity index (χ2n) is 15.1. The molecule has 1 aromatic carbocycles. The topological polar surface area (TPSA) is 161 Å². The van der Waals surface area contributed by atoms with Gasteiger partial charge in [-0.3, -0.25) is 24.6 Å². The fourth-order valence-corrected chi connectivity index (χ4v) is 8.28. The predicted molar refractivity (Wildman–Crippen MR) is 207 cm³/mol. The molecule has 1 unspecified atom stereocenters. The lowest BCUT2D eigenvalue weighted by Crippen LogP contribution is -2.63. The Morgan fingerprint density at radius 3 is 2.62 bits per heavy atom. The number of benzene rings is 1. The number of carbonyl (C=O) groups is 3. The van der Waals surface area contributed by atoms with E-state index in [1.807, 2.05) is 29.4 Å². The summed E-state index contributed by atoms with van der Waals surface area (Å²) < 4.78 is 21.1. The van der Waals surface area contributed by atoms with Crippen LogP contribution in [0.15, 0.2) is 48.9 Å². The molecule has 5 aliphatic rings. The lowest BCUT2D eigenvalue weighted by atomic mass is 9.91. The minimum Gasteiger partial charge on any atom is -0.474 e.